The Kier molecular flexibility index (Phi) is 4.95. The van der Waals surface area contributed by atoms with E-state index in [-0.39, 0.29) is 4.90 Å². The van der Waals surface area contributed by atoms with Crippen molar-refractivity contribution < 1.29 is 8.42 Å². The predicted molar refractivity (Wildman–Crippen MR) is 79.2 cm³/mol. The van der Waals surface area contributed by atoms with Gasteiger partial charge in [-0.1, -0.05) is 0 Å². The predicted octanol–water partition coefficient (Wildman–Crippen LogP) is 0.743. The standard InChI is InChI=1S/C13H22N4O2S/c1-14-13-12(6-3-7-15-13)20(18,19)16-9-11-5-4-8-17(2)10-11/h3,6-7,11,16H,4-5,8-10H2,1-2H3,(H,14,15). The lowest BCUT2D eigenvalue weighted by atomic mass is 9.99. The number of hydrogen-bond acceptors (Lipinski definition) is 5. The molecule has 1 fully saturated rings. The van der Waals surface area contributed by atoms with E-state index in [4.69, 9.17) is 0 Å². The second-order valence-corrected chi connectivity index (χ2v) is 6.96. The molecular formula is C13H22N4O2S. The van der Waals surface area contributed by atoms with Crippen molar-refractivity contribution in [1.82, 2.24) is 14.6 Å². The highest BCUT2D eigenvalue weighted by Crippen LogP contribution is 2.19. The molecular weight excluding hydrogens is 276 g/mol. The number of aromatic nitrogens is 1. The fourth-order valence-electron chi connectivity index (χ4n) is 2.54. The number of rotatable bonds is 5. The molecule has 2 rings (SSSR count). The van der Waals surface area contributed by atoms with Crippen LogP contribution in [0.3, 0.4) is 0 Å². The van der Waals surface area contributed by atoms with Crippen LogP contribution in [0.4, 0.5) is 5.82 Å². The second-order valence-electron chi connectivity index (χ2n) is 5.22. The molecule has 2 N–H and O–H groups in total. The molecule has 1 unspecified atom stereocenters. The second kappa shape index (κ2) is 6.51. The number of piperidine rings is 1. The summed E-state index contributed by atoms with van der Waals surface area (Å²) in [6.45, 7) is 2.51. The normalized spacial score (nSPS) is 20.8. The zero-order valence-electron chi connectivity index (χ0n) is 12.0. The maximum absolute atomic E-state index is 12.3. The van der Waals surface area contributed by atoms with Crippen molar-refractivity contribution in [2.45, 2.75) is 17.7 Å². The lowest BCUT2D eigenvalue weighted by Crippen LogP contribution is -2.39. The van der Waals surface area contributed by atoms with Gasteiger partial charge in [0, 0.05) is 26.3 Å². The third-order valence-electron chi connectivity index (χ3n) is 3.58. The fraction of sp³-hybridized carbons (Fsp3) is 0.615. The highest BCUT2D eigenvalue weighted by Gasteiger charge is 2.22. The Balaban J connectivity index is 2.04. The molecule has 1 aromatic rings. The van der Waals surface area contributed by atoms with Crippen LogP contribution in [-0.4, -0.2) is 52.0 Å². The van der Waals surface area contributed by atoms with Gasteiger partial charge in [-0.2, -0.15) is 0 Å². The maximum atomic E-state index is 12.3. The first kappa shape index (κ1) is 15.2. The van der Waals surface area contributed by atoms with E-state index in [9.17, 15) is 8.42 Å². The SMILES string of the molecule is CNc1ncccc1S(=O)(=O)NCC1CCCN(C)C1. The summed E-state index contributed by atoms with van der Waals surface area (Å²) in [7, 11) is 0.221. The van der Waals surface area contributed by atoms with Gasteiger partial charge in [-0.25, -0.2) is 18.1 Å². The molecule has 2 heterocycles. The third kappa shape index (κ3) is 3.68. The largest absolute Gasteiger partial charge is 0.372 e. The Hall–Kier alpha value is -1.18. The summed E-state index contributed by atoms with van der Waals surface area (Å²) in [6.07, 6.45) is 3.76. The Morgan fingerprint density at radius 1 is 1.50 bits per heavy atom. The molecule has 0 spiro atoms. The van der Waals surface area contributed by atoms with Crippen LogP contribution >= 0.6 is 0 Å². The van der Waals surface area contributed by atoms with Crippen LogP contribution in [0.2, 0.25) is 0 Å². The zero-order chi connectivity index (χ0) is 14.6. The van der Waals surface area contributed by atoms with Crippen molar-refractivity contribution in [3.63, 3.8) is 0 Å². The Bertz CT molecular complexity index is 547. The van der Waals surface area contributed by atoms with Gasteiger partial charge in [0.1, 0.15) is 10.7 Å². The lowest BCUT2D eigenvalue weighted by molar-refractivity contribution is 0.211. The van der Waals surface area contributed by atoms with Gasteiger partial charge in [-0.3, -0.25) is 0 Å². The number of pyridine rings is 1. The molecule has 0 aromatic carbocycles. The molecule has 0 radical (unpaired) electrons. The van der Waals surface area contributed by atoms with E-state index in [2.05, 4.69) is 27.0 Å². The maximum Gasteiger partial charge on any atom is 0.244 e. The van der Waals surface area contributed by atoms with E-state index in [0.717, 1.165) is 25.9 Å². The molecule has 1 atom stereocenters. The topological polar surface area (TPSA) is 74.3 Å². The van der Waals surface area contributed by atoms with Gasteiger partial charge in [-0.05, 0) is 44.5 Å². The van der Waals surface area contributed by atoms with E-state index in [0.29, 0.717) is 18.3 Å². The molecule has 0 aliphatic carbocycles. The molecule has 112 valence electrons. The average molecular weight is 298 g/mol. The van der Waals surface area contributed by atoms with E-state index in [1.807, 2.05) is 0 Å². The first-order valence-electron chi connectivity index (χ1n) is 6.84. The summed E-state index contributed by atoms with van der Waals surface area (Å²) < 4.78 is 27.4. The summed E-state index contributed by atoms with van der Waals surface area (Å²) >= 11 is 0. The molecule has 6 nitrogen and oxygen atoms in total. The summed E-state index contributed by atoms with van der Waals surface area (Å²) in [6, 6.07) is 3.19. The van der Waals surface area contributed by atoms with Crippen LogP contribution in [0.1, 0.15) is 12.8 Å². The van der Waals surface area contributed by atoms with Crippen molar-refractivity contribution in [3.8, 4) is 0 Å². The first-order chi connectivity index (χ1) is 9.53. The number of hydrogen-bond donors (Lipinski definition) is 2. The van der Waals surface area contributed by atoms with Crippen LogP contribution in [0.15, 0.2) is 23.2 Å². The summed E-state index contributed by atoms with van der Waals surface area (Å²) in [5.74, 6) is 0.749. The number of nitrogens with zero attached hydrogens (tertiary/aromatic N) is 2. The molecule has 1 aliphatic heterocycles. The minimum Gasteiger partial charge on any atom is -0.372 e. The monoisotopic (exact) mass is 298 g/mol. The number of sulfonamides is 1. The Morgan fingerprint density at radius 2 is 2.30 bits per heavy atom. The van der Waals surface area contributed by atoms with Crippen molar-refractivity contribution >= 4 is 15.8 Å². The van der Waals surface area contributed by atoms with Crippen LogP contribution in [-0.2, 0) is 10.0 Å². The molecule has 1 aromatic heterocycles. The smallest absolute Gasteiger partial charge is 0.244 e. The number of nitrogens with one attached hydrogen (secondary N) is 2. The van der Waals surface area contributed by atoms with Gasteiger partial charge in [0.2, 0.25) is 10.0 Å². The van der Waals surface area contributed by atoms with Gasteiger partial charge in [0.05, 0.1) is 0 Å². The Morgan fingerprint density at radius 3 is 3.00 bits per heavy atom. The van der Waals surface area contributed by atoms with E-state index in [1.165, 1.54) is 0 Å². The molecule has 0 amide bonds. The number of anilines is 1. The van der Waals surface area contributed by atoms with Crippen molar-refractivity contribution in [2.24, 2.45) is 5.92 Å². The minimum atomic E-state index is -3.51. The summed E-state index contributed by atoms with van der Waals surface area (Å²) in [4.78, 5) is 6.47. The first-order valence-corrected chi connectivity index (χ1v) is 8.32. The average Bonchev–Trinajstić information content (AvgIpc) is 2.45. The van der Waals surface area contributed by atoms with E-state index in [1.54, 1.807) is 25.4 Å². The quantitative estimate of drug-likeness (QED) is 0.839. The summed E-state index contributed by atoms with van der Waals surface area (Å²) in [5.41, 5.74) is 0. The van der Waals surface area contributed by atoms with Crippen molar-refractivity contribution in [1.29, 1.82) is 0 Å². The van der Waals surface area contributed by atoms with Gasteiger partial charge < -0.3 is 10.2 Å². The minimum absolute atomic E-state index is 0.201. The molecule has 0 saturated carbocycles. The number of likely N-dealkylation sites (tertiary alicyclic amines) is 1. The molecule has 0 bridgehead atoms. The van der Waals surface area contributed by atoms with Gasteiger partial charge >= 0.3 is 0 Å². The van der Waals surface area contributed by atoms with Gasteiger partial charge in [0.25, 0.3) is 0 Å². The van der Waals surface area contributed by atoms with Crippen LogP contribution < -0.4 is 10.0 Å². The zero-order valence-corrected chi connectivity index (χ0v) is 12.8. The van der Waals surface area contributed by atoms with Gasteiger partial charge in [-0.15, -0.1) is 0 Å². The van der Waals surface area contributed by atoms with Crippen LogP contribution in [0.5, 0.6) is 0 Å². The Labute approximate surface area is 120 Å². The molecule has 1 aliphatic rings. The highest BCUT2D eigenvalue weighted by molar-refractivity contribution is 7.89. The fourth-order valence-corrected chi connectivity index (χ4v) is 3.82. The molecule has 7 heteroatoms. The molecule has 20 heavy (non-hydrogen) atoms. The van der Waals surface area contributed by atoms with E-state index < -0.39 is 10.0 Å². The highest BCUT2D eigenvalue weighted by atomic mass is 32.2. The van der Waals surface area contributed by atoms with E-state index >= 15 is 0 Å². The lowest BCUT2D eigenvalue weighted by Gasteiger charge is -2.29. The summed E-state index contributed by atoms with van der Waals surface area (Å²) in [5, 5.41) is 2.81. The van der Waals surface area contributed by atoms with Crippen molar-refractivity contribution in [2.75, 3.05) is 39.0 Å². The third-order valence-corrected chi connectivity index (χ3v) is 5.04. The van der Waals surface area contributed by atoms with Crippen LogP contribution in [0, 0.1) is 5.92 Å². The molecule has 1 saturated heterocycles. The van der Waals surface area contributed by atoms with Crippen LogP contribution in [0.25, 0.3) is 0 Å². The van der Waals surface area contributed by atoms with Crippen molar-refractivity contribution in [3.05, 3.63) is 18.3 Å². The van der Waals surface area contributed by atoms with Gasteiger partial charge in [0.15, 0.2) is 0 Å².